The van der Waals surface area contributed by atoms with Gasteiger partial charge in [0.15, 0.2) is 5.76 Å². The Hall–Kier alpha value is -1.82. The van der Waals surface area contributed by atoms with Crippen molar-refractivity contribution in [3.8, 4) is 0 Å². The van der Waals surface area contributed by atoms with Crippen molar-refractivity contribution in [3.63, 3.8) is 0 Å². The minimum absolute atomic E-state index is 0.0336. The van der Waals surface area contributed by atoms with E-state index < -0.39 is 0 Å². The molecule has 21 heavy (non-hydrogen) atoms. The van der Waals surface area contributed by atoms with Crippen LogP contribution >= 0.6 is 15.9 Å². The van der Waals surface area contributed by atoms with Crippen LogP contribution in [0.25, 0.3) is 0 Å². The molecule has 110 valence electrons. The summed E-state index contributed by atoms with van der Waals surface area (Å²) in [4.78, 5) is 14.3. The smallest absolute Gasteiger partial charge is 0.322 e. The van der Waals surface area contributed by atoms with Crippen LogP contribution in [0.15, 0.2) is 39.3 Å². The van der Waals surface area contributed by atoms with E-state index in [-0.39, 0.29) is 12.1 Å². The van der Waals surface area contributed by atoms with Crippen molar-refractivity contribution in [3.05, 3.63) is 46.3 Å². The molecular weight excluding hydrogens is 334 g/mol. The van der Waals surface area contributed by atoms with Gasteiger partial charge in [0.1, 0.15) is 0 Å². The van der Waals surface area contributed by atoms with Crippen LogP contribution in [0.1, 0.15) is 30.3 Å². The van der Waals surface area contributed by atoms with Gasteiger partial charge in [-0.05, 0) is 47.8 Å². The number of aromatic nitrogens is 1. The molecule has 1 aliphatic rings. The van der Waals surface area contributed by atoms with Gasteiger partial charge in [-0.3, -0.25) is 0 Å². The van der Waals surface area contributed by atoms with E-state index in [0.717, 1.165) is 41.0 Å². The number of amides is 2. The SMILES string of the molecule is Cc1cc([C@@H]2CCCN2C(=O)Nc2ccccc2Br)on1. The first kappa shape index (κ1) is 14.1. The standard InChI is InChI=1S/C15H16BrN3O2/c1-10-9-14(21-18-10)13-7-4-8-19(13)15(20)17-12-6-3-2-5-11(12)16/h2-3,5-6,9,13H,4,7-8H2,1H3,(H,17,20)/t13-/m0/s1. The van der Waals surface area contributed by atoms with Crippen molar-refractivity contribution in [2.75, 3.05) is 11.9 Å². The van der Waals surface area contributed by atoms with Gasteiger partial charge in [-0.2, -0.15) is 0 Å². The maximum Gasteiger partial charge on any atom is 0.322 e. The fourth-order valence-corrected chi connectivity index (χ4v) is 2.98. The molecule has 0 bridgehead atoms. The molecule has 1 aromatic heterocycles. The van der Waals surface area contributed by atoms with Crippen LogP contribution in [-0.4, -0.2) is 22.6 Å². The van der Waals surface area contributed by atoms with Gasteiger partial charge < -0.3 is 14.7 Å². The number of nitrogens with one attached hydrogen (secondary N) is 1. The van der Waals surface area contributed by atoms with Crippen LogP contribution in [0.5, 0.6) is 0 Å². The molecule has 2 aromatic rings. The number of anilines is 1. The van der Waals surface area contributed by atoms with Gasteiger partial charge in [0.2, 0.25) is 0 Å². The molecule has 1 N–H and O–H groups in total. The highest BCUT2D eigenvalue weighted by atomic mass is 79.9. The first-order valence-electron chi connectivity index (χ1n) is 6.90. The molecule has 3 rings (SSSR count). The topological polar surface area (TPSA) is 58.4 Å². The highest BCUT2D eigenvalue weighted by Gasteiger charge is 2.32. The normalized spacial score (nSPS) is 18.0. The minimum atomic E-state index is -0.113. The number of likely N-dealkylation sites (tertiary alicyclic amines) is 1. The fraction of sp³-hybridized carbons (Fsp3) is 0.333. The Labute approximate surface area is 131 Å². The van der Waals surface area contributed by atoms with E-state index in [1.165, 1.54) is 0 Å². The number of rotatable bonds is 2. The van der Waals surface area contributed by atoms with Gasteiger partial charge in [-0.1, -0.05) is 17.3 Å². The third-order valence-corrected chi connectivity index (χ3v) is 4.30. The molecule has 1 aliphatic heterocycles. The van der Waals surface area contributed by atoms with Gasteiger partial charge in [0.25, 0.3) is 0 Å². The van der Waals surface area contributed by atoms with Gasteiger partial charge in [-0.25, -0.2) is 4.79 Å². The van der Waals surface area contributed by atoms with Crippen molar-refractivity contribution >= 4 is 27.6 Å². The van der Waals surface area contributed by atoms with Crippen LogP contribution in [0.3, 0.4) is 0 Å². The molecule has 0 radical (unpaired) electrons. The predicted octanol–water partition coefficient (Wildman–Crippen LogP) is 4.11. The number of hydrogen-bond acceptors (Lipinski definition) is 3. The Morgan fingerprint density at radius 1 is 1.48 bits per heavy atom. The number of nitrogens with zero attached hydrogens (tertiary/aromatic N) is 2. The average Bonchev–Trinajstić information content (AvgIpc) is 3.09. The lowest BCUT2D eigenvalue weighted by molar-refractivity contribution is 0.195. The van der Waals surface area contributed by atoms with Crippen molar-refractivity contribution in [2.45, 2.75) is 25.8 Å². The molecule has 0 aliphatic carbocycles. The van der Waals surface area contributed by atoms with Gasteiger partial charge in [0.05, 0.1) is 17.4 Å². The first-order valence-corrected chi connectivity index (χ1v) is 7.70. The molecule has 0 spiro atoms. The number of carbonyl (C=O) groups is 1. The molecule has 1 aromatic carbocycles. The maximum absolute atomic E-state index is 12.5. The van der Waals surface area contributed by atoms with Crippen molar-refractivity contribution in [1.82, 2.24) is 10.1 Å². The van der Waals surface area contributed by atoms with E-state index in [1.807, 2.05) is 37.3 Å². The second kappa shape index (κ2) is 5.89. The number of aryl methyl sites for hydroxylation is 1. The van der Waals surface area contributed by atoms with Crippen molar-refractivity contribution < 1.29 is 9.32 Å². The van der Waals surface area contributed by atoms with Crippen LogP contribution in [0.4, 0.5) is 10.5 Å². The Balaban J connectivity index is 1.76. The van der Waals surface area contributed by atoms with E-state index in [0.29, 0.717) is 0 Å². The van der Waals surface area contributed by atoms with Crippen LogP contribution in [0.2, 0.25) is 0 Å². The van der Waals surface area contributed by atoms with Gasteiger partial charge >= 0.3 is 6.03 Å². The lowest BCUT2D eigenvalue weighted by Crippen LogP contribution is -2.34. The summed E-state index contributed by atoms with van der Waals surface area (Å²) in [6.07, 6.45) is 1.87. The third-order valence-electron chi connectivity index (χ3n) is 3.60. The molecular formula is C15H16BrN3O2. The van der Waals surface area contributed by atoms with Crippen molar-refractivity contribution in [2.24, 2.45) is 0 Å². The summed E-state index contributed by atoms with van der Waals surface area (Å²) in [7, 11) is 0. The summed E-state index contributed by atoms with van der Waals surface area (Å²) in [6.45, 7) is 2.61. The van der Waals surface area contributed by atoms with Gasteiger partial charge in [0, 0.05) is 17.1 Å². The molecule has 5 nitrogen and oxygen atoms in total. The Bertz CT molecular complexity index is 656. The van der Waals surface area contributed by atoms with E-state index in [9.17, 15) is 4.79 Å². The van der Waals surface area contributed by atoms with E-state index in [4.69, 9.17) is 4.52 Å². The summed E-state index contributed by atoms with van der Waals surface area (Å²) in [6, 6.07) is 9.32. The number of benzene rings is 1. The van der Waals surface area contributed by atoms with E-state index in [1.54, 1.807) is 4.90 Å². The zero-order valence-corrected chi connectivity index (χ0v) is 13.3. The lowest BCUT2D eigenvalue weighted by Gasteiger charge is -2.23. The summed E-state index contributed by atoms with van der Waals surface area (Å²) >= 11 is 3.43. The quantitative estimate of drug-likeness (QED) is 0.887. The monoisotopic (exact) mass is 349 g/mol. The fourth-order valence-electron chi connectivity index (χ4n) is 2.60. The van der Waals surface area contributed by atoms with Gasteiger partial charge in [-0.15, -0.1) is 0 Å². The van der Waals surface area contributed by atoms with E-state index >= 15 is 0 Å². The predicted molar refractivity (Wildman–Crippen MR) is 83.1 cm³/mol. The molecule has 1 atom stereocenters. The number of hydrogen-bond donors (Lipinski definition) is 1. The Morgan fingerprint density at radius 3 is 3.00 bits per heavy atom. The second-order valence-electron chi connectivity index (χ2n) is 5.13. The molecule has 2 amide bonds. The second-order valence-corrected chi connectivity index (χ2v) is 5.99. The highest BCUT2D eigenvalue weighted by Crippen LogP contribution is 2.33. The zero-order chi connectivity index (χ0) is 14.8. The summed E-state index contributed by atoms with van der Waals surface area (Å²) in [5.74, 6) is 0.757. The Morgan fingerprint density at radius 2 is 2.29 bits per heavy atom. The molecule has 2 heterocycles. The van der Waals surface area contributed by atoms with Crippen LogP contribution in [-0.2, 0) is 0 Å². The van der Waals surface area contributed by atoms with Crippen LogP contribution in [0, 0.1) is 6.92 Å². The zero-order valence-electron chi connectivity index (χ0n) is 11.7. The summed E-state index contributed by atoms with van der Waals surface area (Å²) in [5.41, 5.74) is 1.60. The van der Waals surface area contributed by atoms with Crippen molar-refractivity contribution in [1.29, 1.82) is 0 Å². The largest absolute Gasteiger partial charge is 0.359 e. The minimum Gasteiger partial charge on any atom is -0.359 e. The maximum atomic E-state index is 12.5. The number of para-hydroxylation sites is 1. The molecule has 6 heteroatoms. The number of carbonyl (C=O) groups excluding carboxylic acids is 1. The molecule has 0 unspecified atom stereocenters. The molecule has 0 saturated carbocycles. The van der Waals surface area contributed by atoms with Crippen LogP contribution < -0.4 is 5.32 Å². The highest BCUT2D eigenvalue weighted by molar-refractivity contribution is 9.10. The average molecular weight is 350 g/mol. The third kappa shape index (κ3) is 2.95. The molecule has 1 fully saturated rings. The van der Waals surface area contributed by atoms with E-state index in [2.05, 4.69) is 26.4 Å². The Kier molecular flexibility index (Phi) is 3.96. The number of halogens is 1. The summed E-state index contributed by atoms with van der Waals surface area (Å²) in [5, 5.41) is 6.85. The number of urea groups is 1. The first-order chi connectivity index (χ1) is 10.1. The summed E-state index contributed by atoms with van der Waals surface area (Å²) < 4.78 is 6.19. The lowest BCUT2D eigenvalue weighted by atomic mass is 10.1. The molecule has 1 saturated heterocycles.